The fourth-order valence-corrected chi connectivity index (χ4v) is 4.74. The minimum atomic E-state index is -0.189. The molecule has 134 valence electrons. The Morgan fingerprint density at radius 3 is 2.92 bits per heavy atom. The SMILES string of the molecule is C=CCN1CCc2c(sc3ncnc(NC(CO)c4ccccc4)c23)C1. The van der Waals surface area contributed by atoms with Gasteiger partial charge in [-0.25, -0.2) is 9.97 Å². The molecule has 0 spiro atoms. The Kier molecular flexibility index (Phi) is 4.97. The molecule has 2 N–H and O–H groups in total. The normalized spacial score (nSPS) is 15.6. The lowest BCUT2D eigenvalue weighted by atomic mass is 10.0. The molecule has 5 nitrogen and oxygen atoms in total. The highest BCUT2D eigenvalue weighted by Crippen LogP contribution is 2.38. The van der Waals surface area contributed by atoms with Crippen molar-refractivity contribution in [2.75, 3.05) is 25.0 Å². The summed E-state index contributed by atoms with van der Waals surface area (Å²) in [5.74, 6) is 0.813. The zero-order chi connectivity index (χ0) is 17.9. The molecule has 1 aromatic carbocycles. The number of hydrogen-bond acceptors (Lipinski definition) is 6. The molecule has 4 rings (SSSR count). The number of benzene rings is 1. The first-order valence-electron chi connectivity index (χ1n) is 8.81. The van der Waals surface area contributed by atoms with Crippen molar-refractivity contribution in [3.8, 4) is 0 Å². The number of aliphatic hydroxyl groups is 1. The molecule has 1 aliphatic rings. The van der Waals surface area contributed by atoms with E-state index in [1.54, 1.807) is 17.7 Å². The van der Waals surface area contributed by atoms with Gasteiger partial charge in [-0.15, -0.1) is 17.9 Å². The van der Waals surface area contributed by atoms with Crippen LogP contribution in [-0.2, 0) is 13.0 Å². The maximum absolute atomic E-state index is 9.88. The zero-order valence-corrected chi connectivity index (χ0v) is 15.4. The fourth-order valence-electron chi connectivity index (χ4n) is 3.51. The van der Waals surface area contributed by atoms with Gasteiger partial charge >= 0.3 is 0 Å². The molecule has 2 aromatic heterocycles. The third-order valence-electron chi connectivity index (χ3n) is 4.80. The number of aliphatic hydroxyl groups excluding tert-OH is 1. The number of fused-ring (bicyclic) bond motifs is 3. The molecular formula is C20H22N4OS. The minimum absolute atomic E-state index is 0.00888. The van der Waals surface area contributed by atoms with Gasteiger partial charge in [0.25, 0.3) is 0 Å². The summed E-state index contributed by atoms with van der Waals surface area (Å²) in [6.45, 7) is 6.71. The third-order valence-corrected chi connectivity index (χ3v) is 5.92. The lowest BCUT2D eigenvalue weighted by Gasteiger charge is -2.25. The van der Waals surface area contributed by atoms with E-state index in [0.29, 0.717) is 0 Å². The predicted octanol–water partition coefficient (Wildman–Crippen LogP) is 3.38. The van der Waals surface area contributed by atoms with Crippen LogP contribution in [0.3, 0.4) is 0 Å². The summed E-state index contributed by atoms with van der Waals surface area (Å²) in [4.78, 5) is 13.8. The Labute approximate surface area is 157 Å². The average molecular weight is 366 g/mol. The van der Waals surface area contributed by atoms with Crippen LogP contribution < -0.4 is 5.32 Å². The highest BCUT2D eigenvalue weighted by atomic mass is 32.1. The third kappa shape index (κ3) is 3.23. The quantitative estimate of drug-likeness (QED) is 0.655. The van der Waals surface area contributed by atoms with E-state index in [0.717, 1.165) is 47.7 Å². The second-order valence-corrected chi connectivity index (χ2v) is 7.55. The van der Waals surface area contributed by atoms with Crippen LogP contribution in [0.4, 0.5) is 5.82 Å². The molecule has 0 radical (unpaired) electrons. The zero-order valence-electron chi connectivity index (χ0n) is 14.6. The molecule has 0 amide bonds. The van der Waals surface area contributed by atoms with Gasteiger partial charge in [0.2, 0.25) is 0 Å². The van der Waals surface area contributed by atoms with Crippen LogP contribution >= 0.6 is 11.3 Å². The molecule has 1 atom stereocenters. The summed E-state index contributed by atoms with van der Waals surface area (Å²) in [5, 5.41) is 14.4. The van der Waals surface area contributed by atoms with Crippen molar-refractivity contribution >= 4 is 27.4 Å². The highest BCUT2D eigenvalue weighted by molar-refractivity contribution is 7.18. The summed E-state index contributed by atoms with van der Waals surface area (Å²) >= 11 is 1.74. The Hall–Kier alpha value is -2.28. The number of hydrogen-bond donors (Lipinski definition) is 2. The number of aromatic nitrogens is 2. The molecule has 1 aliphatic heterocycles. The Bertz CT molecular complexity index is 909. The summed E-state index contributed by atoms with van der Waals surface area (Å²) in [6.07, 6.45) is 4.55. The highest BCUT2D eigenvalue weighted by Gasteiger charge is 2.24. The molecule has 6 heteroatoms. The van der Waals surface area contributed by atoms with Gasteiger partial charge in [-0.3, -0.25) is 4.90 Å². The second kappa shape index (κ2) is 7.53. The molecule has 0 saturated heterocycles. The van der Waals surface area contributed by atoms with Gasteiger partial charge in [-0.1, -0.05) is 36.4 Å². The summed E-state index contributed by atoms with van der Waals surface area (Å²) < 4.78 is 0. The molecule has 3 aromatic rings. The van der Waals surface area contributed by atoms with Crippen molar-refractivity contribution in [1.29, 1.82) is 0 Å². The van der Waals surface area contributed by atoms with Crippen molar-refractivity contribution < 1.29 is 5.11 Å². The standard InChI is InChI=1S/C20H22N4OS/c1-2-9-24-10-8-15-17(11-24)26-20-18(15)19(21-13-22-20)23-16(12-25)14-6-4-3-5-7-14/h2-7,13,16,25H,1,8-12H2,(H,21,22,23). The van der Waals surface area contributed by atoms with Gasteiger partial charge in [0.05, 0.1) is 18.0 Å². The molecule has 3 heterocycles. The molecule has 0 bridgehead atoms. The van der Waals surface area contributed by atoms with Gasteiger partial charge in [-0.2, -0.15) is 0 Å². The molecule has 26 heavy (non-hydrogen) atoms. The largest absolute Gasteiger partial charge is 0.394 e. The number of nitrogens with one attached hydrogen (secondary N) is 1. The van der Waals surface area contributed by atoms with E-state index >= 15 is 0 Å². The lowest BCUT2D eigenvalue weighted by molar-refractivity contribution is 0.276. The first kappa shape index (κ1) is 17.1. The summed E-state index contributed by atoms with van der Waals surface area (Å²) in [7, 11) is 0. The molecular weight excluding hydrogens is 344 g/mol. The Morgan fingerprint density at radius 2 is 2.15 bits per heavy atom. The second-order valence-electron chi connectivity index (χ2n) is 6.47. The molecule has 1 unspecified atom stereocenters. The topological polar surface area (TPSA) is 61.3 Å². The fraction of sp³-hybridized carbons (Fsp3) is 0.300. The van der Waals surface area contributed by atoms with Gasteiger partial charge in [0.1, 0.15) is 17.0 Å². The Morgan fingerprint density at radius 1 is 1.31 bits per heavy atom. The van der Waals surface area contributed by atoms with Gasteiger partial charge in [-0.05, 0) is 17.5 Å². The van der Waals surface area contributed by atoms with Crippen LogP contribution in [0.2, 0.25) is 0 Å². The molecule has 0 saturated carbocycles. The molecule has 0 aliphatic carbocycles. The van der Waals surface area contributed by atoms with Crippen molar-refractivity contribution in [1.82, 2.24) is 14.9 Å². The van der Waals surface area contributed by atoms with E-state index in [4.69, 9.17) is 0 Å². The van der Waals surface area contributed by atoms with Crippen LogP contribution in [0.15, 0.2) is 49.3 Å². The van der Waals surface area contributed by atoms with Crippen LogP contribution in [-0.4, -0.2) is 39.7 Å². The van der Waals surface area contributed by atoms with Crippen LogP contribution in [0.5, 0.6) is 0 Å². The van der Waals surface area contributed by atoms with Crippen LogP contribution in [0.25, 0.3) is 10.2 Å². The summed E-state index contributed by atoms with van der Waals surface area (Å²) in [5.41, 5.74) is 2.39. The van der Waals surface area contributed by atoms with E-state index in [1.807, 2.05) is 36.4 Å². The minimum Gasteiger partial charge on any atom is -0.394 e. The maximum atomic E-state index is 9.88. The van der Waals surface area contributed by atoms with Crippen molar-refractivity contribution in [3.05, 3.63) is 65.3 Å². The number of rotatable bonds is 6. The van der Waals surface area contributed by atoms with Gasteiger partial charge in [0, 0.05) is 24.5 Å². The van der Waals surface area contributed by atoms with Crippen molar-refractivity contribution in [2.24, 2.45) is 0 Å². The number of thiophene rings is 1. The van der Waals surface area contributed by atoms with Crippen molar-refractivity contribution in [3.63, 3.8) is 0 Å². The smallest absolute Gasteiger partial charge is 0.139 e. The van der Waals surface area contributed by atoms with Crippen LogP contribution in [0, 0.1) is 0 Å². The average Bonchev–Trinajstić information content (AvgIpc) is 3.05. The molecule has 0 fully saturated rings. The van der Waals surface area contributed by atoms with Gasteiger partial charge < -0.3 is 10.4 Å². The Balaban J connectivity index is 1.69. The van der Waals surface area contributed by atoms with Crippen molar-refractivity contribution in [2.45, 2.75) is 19.0 Å². The van der Waals surface area contributed by atoms with E-state index in [1.165, 1.54) is 10.4 Å². The first-order valence-corrected chi connectivity index (χ1v) is 9.62. The maximum Gasteiger partial charge on any atom is 0.139 e. The number of nitrogens with zero attached hydrogens (tertiary/aromatic N) is 3. The van der Waals surface area contributed by atoms with Gasteiger partial charge in [0.15, 0.2) is 0 Å². The van der Waals surface area contributed by atoms with E-state index < -0.39 is 0 Å². The summed E-state index contributed by atoms with van der Waals surface area (Å²) in [6, 6.07) is 9.78. The first-order chi connectivity index (χ1) is 12.8. The van der Waals surface area contributed by atoms with E-state index in [2.05, 4.69) is 26.8 Å². The monoisotopic (exact) mass is 366 g/mol. The van der Waals surface area contributed by atoms with E-state index in [-0.39, 0.29) is 12.6 Å². The lowest BCUT2D eigenvalue weighted by Crippen LogP contribution is -2.29. The van der Waals surface area contributed by atoms with E-state index in [9.17, 15) is 5.11 Å². The van der Waals surface area contributed by atoms with Crippen LogP contribution in [0.1, 0.15) is 22.0 Å². The number of anilines is 1. The predicted molar refractivity (Wildman–Crippen MR) is 106 cm³/mol.